The lowest BCUT2D eigenvalue weighted by atomic mass is 9.91. The number of likely N-dealkylation sites (N-methyl/N-ethyl adjacent to an activating group) is 1. The van der Waals surface area contributed by atoms with Crippen molar-refractivity contribution in [3.8, 4) is 0 Å². The second kappa shape index (κ2) is 13.9. The Hall–Kier alpha value is -2.29. The van der Waals surface area contributed by atoms with Gasteiger partial charge >= 0.3 is 0 Å². The second-order valence-electron chi connectivity index (χ2n) is 9.83. The summed E-state index contributed by atoms with van der Waals surface area (Å²) in [5, 5.41) is 7.31. The van der Waals surface area contributed by atoms with Crippen molar-refractivity contribution in [2.45, 2.75) is 57.4 Å². The van der Waals surface area contributed by atoms with Gasteiger partial charge < -0.3 is 15.5 Å². The third-order valence-electron chi connectivity index (χ3n) is 6.67. The monoisotopic (exact) mass is 532 g/mol. The molecule has 2 aromatic rings. The SMILES string of the molecule is CNC(=O)C[C@@H](Cc1nc2ccc(Cl)cc2s1)C(=O)N[C@H](CCC(=O)/C=C/CN(C)C)C1CCCC1. The number of hydrogen-bond donors (Lipinski definition) is 2. The highest BCUT2D eigenvalue weighted by Gasteiger charge is 2.30. The predicted molar refractivity (Wildman–Crippen MR) is 146 cm³/mol. The van der Waals surface area contributed by atoms with Gasteiger partial charge in [-0.3, -0.25) is 14.4 Å². The van der Waals surface area contributed by atoms with Crippen LogP contribution in [0.1, 0.15) is 50.0 Å². The lowest BCUT2D eigenvalue weighted by Gasteiger charge is -2.27. The van der Waals surface area contributed by atoms with Gasteiger partial charge in [0.2, 0.25) is 11.8 Å². The maximum absolute atomic E-state index is 13.5. The molecular formula is C27H37ClN4O3S. The first-order chi connectivity index (χ1) is 17.2. The summed E-state index contributed by atoms with van der Waals surface area (Å²) >= 11 is 7.61. The summed E-state index contributed by atoms with van der Waals surface area (Å²) in [4.78, 5) is 44.8. The van der Waals surface area contributed by atoms with E-state index in [1.54, 1.807) is 19.2 Å². The molecule has 0 aliphatic heterocycles. The van der Waals surface area contributed by atoms with Crippen LogP contribution in [0, 0.1) is 11.8 Å². The van der Waals surface area contributed by atoms with E-state index in [2.05, 4.69) is 15.6 Å². The molecule has 2 N–H and O–H groups in total. The number of thiazole rings is 1. The summed E-state index contributed by atoms with van der Waals surface area (Å²) < 4.78 is 0.960. The quantitative estimate of drug-likeness (QED) is 0.373. The van der Waals surface area contributed by atoms with E-state index in [1.807, 2.05) is 37.2 Å². The van der Waals surface area contributed by atoms with Crippen molar-refractivity contribution < 1.29 is 14.4 Å². The molecule has 0 spiro atoms. The Labute approximate surface area is 222 Å². The Morgan fingerprint density at radius 3 is 2.69 bits per heavy atom. The lowest BCUT2D eigenvalue weighted by molar-refractivity contribution is -0.131. The molecule has 2 atom stereocenters. The molecule has 1 fully saturated rings. The molecule has 1 aliphatic rings. The predicted octanol–water partition coefficient (Wildman–Crippen LogP) is 4.39. The van der Waals surface area contributed by atoms with Crippen molar-refractivity contribution in [1.29, 1.82) is 0 Å². The Balaban J connectivity index is 1.70. The first-order valence-corrected chi connectivity index (χ1v) is 13.8. The van der Waals surface area contributed by atoms with Crippen LogP contribution < -0.4 is 10.6 Å². The molecule has 1 aliphatic carbocycles. The number of aromatic nitrogens is 1. The number of amides is 2. The Morgan fingerprint density at radius 1 is 1.25 bits per heavy atom. The van der Waals surface area contributed by atoms with E-state index in [0.29, 0.717) is 36.7 Å². The van der Waals surface area contributed by atoms with Crippen LogP contribution in [0.25, 0.3) is 10.2 Å². The average Bonchev–Trinajstić information content (AvgIpc) is 3.50. The number of benzene rings is 1. The zero-order valence-corrected chi connectivity index (χ0v) is 23.0. The number of ketones is 1. The summed E-state index contributed by atoms with van der Waals surface area (Å²) in [7, 11) is 5.49. The molecule has 196 valence electrons. The molecule has 1 aromatic carbocycles. The molecule has 3 rings (SSSR count). The van der Waals surface area contributed by atoms with Gasteiger partial charge in [0.15, 0.2) is 5.78 Å². The van der Waals surface area contributed by atoms with Gasteiger partial charge in [-0.05, 0) is 63.6 Å². The molecule has 7 nitrogen and oxygen atoms in total. The van der Waals surface area contributed by atoms with Gasteiger partial charge in [-0.15, -0.1) is 11.3 Å². The Bertz CT molecular complexity index is 1080. The van der Waals surface area contributed by atoms with Crippen LogP contribution in [0.4, 0.5) is 0 Å². The van der Waals surface area contributed by atoms with Crippen LogP contribution in [0.2, 0.25) is 5.02 Å². The van der Waals surface area contributed by atoms with E-state index in [4.69, 9.17) is 11.6 Å². The Kier molecular flexibility index (Phi) is 10.9. The molecule has 0 saturated heterocycles. The number of carbonyl (C=O) groups is 3. The number of nitrogens with zero attached hydrogens (tertiary/aromatic N) is 2. The van der Waals surface area contributed by atoms with Crippen molar-refractivity contribution in [3.05, 3.63) is 40.4 Å². The first-order valence-electron chi connectivity index (χ1n) is 12.6. The van der Waals surface area contributed by atoms with Crippen molar-refractivity contribution in [1.82, 2.24) is 20.5 Å². The van der Waals surface area contributed by atoms with E-state index in [9.17, 15) is 14.4 Å². The zero-order chi connectivity index (χ0) is 26.1. The van der Waals surface area contributed by atoms with Gasteiger partial charge in [0, 0.05) is 43.9 Å². The topological polar surface area (TPSA) is 91.4 Å². The third kappa shape index (κ3) is 8.68. The third-order valence-corrected chi connectivity index (χ3v) is 7.95. The normalized spacial score (nSPS) is 16.0. The van der Waals surface area contributed by atoms with Gasteiger partial charge in [0.25, 0.3) is 0 Å². The highest BCUT2D eigenvalue weighted by molar-refractivity contribution is 7.18. The summed E-state index contributed by atoms with van der Waals surface area (Å²) in [5.74, 6) is -0.441. The van der Waals surface area contributed by atoms with Gasteiger partial charge in [0.1, 0.15) is 0 Å². The van der Waals surface area contributed by atoms with Gasteiger partial charge in [-0.2, -0.15) is 0 Å². The smallest absolute Gasteiger partial charge is 0.224 e. The van der Waals surface area contributed by atoms with Crippen molar-refractivity contribution in [2.75, 3.05) is 27.7 Å². The number of halogens is 1. The van der Waals surface area contributed by atoms with E-state index < -0.39 is 5.92 Å². The van der Waals surface area contributed by atoms with Gasteiger partial charge in [-0.25, -0.2) is 4.98 Å². The van der Waals surface area contributed by atoms with Crippen LogP contribution in [0.3, 0.4) is 0 Å². The van der Waals surface area contributed by atoms with Gasteiger partial charge in [0.05, 0.1) is 21.1 Å². The summed E-state index contributed by atoms with van der Waals surface area (Å²) in [6, 6.07) is 5.45. The molecule has 9 heteroatoms. The maximum Gasteiger partial charge on any atom is 0.224 e. The van der Waals surface area contributed by atoms with Crippen molar-refractivity contribution in [2.24, 2.45) is 11.8 Å². The van der Waals surface area contributed by atoms with E-state index in [-0.39, 0.29) is 30.1 Å². The number of rotatable bonds is 13. The fourth-order valence-electron chi connectivity index (χ4n) is 4.69. The largest absolute Gasteiger partial charge is 0.359 e. The standard InChI is InChI=1S/C27H37ClN4O3S/c1-29-25(34)15-19(16-26-30-23-12-10-20(28)17-24(23)36-26)27(35)31-22(18-7-4-5-8-18)13-11-21(33)9-6-14-32(2)3/h6,9-10,12,17-19,22H,4-5,7-8,11,13-16H2,1-3H3,(H,29,34)(H,31,35)/b9-6+/t19-,22+/m0/s1. The highest BCUT2D eigenvalue weighted by atomic mass is 35.5. The molecule has 0 bridgehead atoms. The molecule has 36 heavy (non-hydrogen) atoms. The first kappa shape index (κ1) is 28.3. The maximum atomic E-state index is 13.5. The summed E-state index contributed by atoms with van der Waals surface area (Å²) in [5.41, 5.74) is 0.836. The fourth-order valence-corrected chi connectivity index (χ4v) is 6.01. The average molecular weight is 533 g/mol. The van der Waals surface area contributed by atoms with E-state index in [0.717, 1.165) is 40.9 Å². The minimum Gasteiger partial charge on any atom is -0.359 e. The number of carbonyl (C=O) groups excluding carboxylic acids is 3. The van der Waals surface area contributed by atoms with Crippen LogP contribution in [0.15, 0.2) is 30.4 Å². The van der Waals surface area contributed by atoms with Crippen LogP contribution in [-0.4, -0.2) is 61.2 Å². The lowest BCUT2D eigenvalue weighted by Crippen LogP contribution is -2.44. The number of hydrogen-bond acceptors (Lipinski definition) is 6. The molecule has 0 radical (unpaired) electrons. The molecule has 2 amide bonds. The minimum atomic E-state index is -0.541. The summed E-state index contributed by atoms with van der Waals surface area (Å²) in [6.07, 6.45) is 9.35. The molecule has 1 saturated carbocycles. The van der Waals surface area contributed by atoms with E-state index >= 15 is 0 Å². The molecular weight excluding hydrogens is 496 g/mol. The molecule has 0 unspecified atom stereocenters. The fraction of sp³-hybridized carbons (Fsp3) is 0.556. The Morgan fingerprint density at radius 2 is 2.00 bits per heavy atom. The minimum absolute atomic E-state index is 0.0733. The van der Waals surface area contributed by atoms with Crippen LogP contribution >= 0.6 is 22.9 Å². The summed E-state index contributed by atoms with van der Waals surface area (Å²) in [6.45, 7) is 0.716. The van der Waals surface area contributed by atoms with E-state index in [1.165, 1.54) is 11.3 Å². The molecule has 1 heterocycles. The van der Waals surface area contributed by atoms with Gasteiger partial charge in [-0.1, -0.05) is 30.5 Å². The van der Waals surface area contributed by atoms with Crippen LogP contribution in [-0.2, 0) is 20.8 Å². The zero-order valence-electron chi connectivity index (χ0n) is 21.4. The van der Waals surface area contributed by atoms with Crippen LogP contribution in [0.5, 0.6) is 0 Å². The second-order valence-corrected chi connectivity index (χ2v) is 11.4. The number of nitrogens with one attached hydrogen (secondary N) is 2. The number of allylic oxidation sites excluding steroid dienone is 1. The number of fused-ring (bicyclic) bond motifs is 1. The highest BCUT2D eigenvalue weighted by Crippen LogP contribution is 2.31. The van der Waals surface area contributed by atoms with Crippen molar-refractivity contribution in [3.63, 3.8) is 0 Å². The molecule has 1 aromatic heterocycles. The van der Waals surface area contributed by atoms with Crippen molar-refractivity contribution >= 4 is 50.8 Å².